The Balaban J connectivity index is 1.60. The molecule has 0 unspecified atom stereocenters. The van der Waals surface area contributed by atoms with Crippen LogP contribution < -0.4 is 5.32 Å². The van der Waals surface area contributed by atoms with Crippen LogP contribution in [0.5, 0.6) is 5.75 Å². The molecule has 0 bridgehead atoms. The second-order valence-electron chi connectivity index (χ2n) is 5.52. The van der Waals surface area contributed by atoms with Crippen molar-refractivity contribution >= 4 is 17.5 Å². The third kappa shape index (κ3) is 3.15. The molecule has 2 aliphatic rings. The highest BCUT2D eigenvalue weighted by atomic mass is 35.5. The van der Waals surface area contributed by atoms with Gasteiger partial charge >= 0.3 is 0 Å². The fourth-order valence-electron chi connectivity index (χ4n) is 2.94. The maximum Gasteiger partial charge on any atom is 0.253 e. The van der Waals surface area contributed by atoms with Crippen LogP contribution in [-0.4, -0.2) is 36.1 Å². The van der Waals surface area contributed by atoms with Crippen LogP contribution in [0.2, 0.25) is 5.02 Å². The Bertz CT molecular complexity index is 532. The lowest BCUT2D eigenvalue weighted by atomic mass is 9.90. The van der Waals surface area contributed by atoms with Crippen molar-refractivity contribution in [1.29, 1.82) is 0 Å². The summed E-state index contributed by atoms with van der Waals surface area (Å²) < 4.78 is 11.3. The summed E-state index contributed by atoms with van der Waals surface area (Å²) in [5, 5.41) is 12.8. The van der Waals surface area contributed by atoms with Gasteiger partial charge in [0, 0.05) is 18.9 Å². The monoisotopic (exact) mass is 311 g/mol. The third-order valence-electron chi connectivity index (χ3n) is 4.09. The molecule has 1 saturated heterocycles. The summed E-state index contributed by atoms with van der Waals surface area (Å²) in [4.78, 5) is 12.2. The van der Waals surface area contributed by atoms with Crippen molar-refractivity contribution in [1.82, 2.24) is 5.32 Å². The summed E-state index contributed by atoms with van der Waals surface area (Å²) >= 11 is 6.00. The van der Waals surface area contributed by atoms with Crippen LogP contribution in [0.15, 0.2) is 18.2 Å². The second kappa shape index (κ2) is 5.83. The normalized spacial score (nSPS) is 21.6. The minimum Gasteiger partial charge on any atom is -0.508 e. The van der Waals surface area contributed by atoms with E-state index in [1.54, 1.807) is 0 Å². The maximum atomic E-state index is 12.2. The molecule has 6 heteroatoms. The van der Waals surface area contributed by atoms with Gasteiger partial charge in [-0.2, -0.15) is 0 Å². The molecule has 0 aromatic heterocycles. The predicted molar refractivity (Wildman–Crippen MR) is 77.5 cm³/mol. The van der Waals surface area contributed by atoms with E-state index in [0.717, 1.165) is 25.7 Å². The van der Waals surface area contributed by atoms with E-state index in [1.165, 1.54) is 18.2 Å². The van der Waals surface area contributed by atoms with Crippen molar-refractivity contribution in [2.75, 3.05) is 13.2 Å². The van der Waals surface area contributed by atoms with Crippen molar-refractivity contribution in [2.24, 2.45) is 0 Å². The van der Waals surface area contributed by atoms with Gasteiger partial charge < -0.3 is 19.9 Å². The number of halogens is 1. The maximum absolute atomic E-state index is 12.2. The summed E-state index contributed by atoms with van der Waals surface area (Å²) in [6.45, 7) is 1.30. The Morgan fingerprint density at radius 2 is 1.95 bits per heavy atom. The SMILES string of the molecule is O=C(NC1CCC2(CC1)OCCO2)c1cc(O)ccc1Cl. The van der Waals surface area contributed by atoms with Crippen LogP contribution in [0, 0.1) is 0 Å². The summed E-state index contributed by atoms with van der Waals surface area (Å²) in [7, 11) is 0. The van der Waals surface area contributed by atoms with Gasteiger partial charge in [0.25, 0.3) is 5.91 Å². The van der Waals surface area contributed by atoms with E-state index in [0.29, 0.717) is 23.8 Å². The summed E-state index contributed by atoms with van der Waals surface area (Å²) in [5.41, 5.74) is 0.297. The molecule has 114 valence electrons. The van der Waals surface area contributed by atoms with Crippen LogP contribution >= 0.6 is 11.6 Å². The average molecular weight is 312 g/mol. The van der Waals surface area contributed by atoms with E-state index < -0.39 is 5.79 Å². The van der Waals surface area contributed by atoms with Crippen LogP contribution in [0.4, 0.5) is 0 Å². The zero-order valence-electron chi connectivity index (χ0n) is 11.6. The van der Waals surface area contributed by atoms with Gasteiger partial charge in [0.05, 0.1) is 23.8 Å². The first kappa shape index (κ1) is 14.6. The zero-order chi connectivity index (χ0) is 14.9. The molecule has 1 aromatic rings. The van der Waals surface area contributed by atoms with Crippen LogP contribution in [0.25, 0.3) is 0 Å². The number of nitrogens with one attached hydrogen (secondary N) is 1. The van der Waals surface area contributed by atoms with Gasteiger partial charge in [-0.3, -0.25) is 4.79 Å². The number of rotatable bonds is 2. The quantitative estimate of drug-likeness (QED) is 0.880. The Hall–Kier alpha value is -1.30. The summed E-state index contributed by atoms with van der Waals surface area (Å²) in [6.07, 6.45) is 3.18. The molecule has 3 rings (SSSR count). The minimum atomic E-state index is -0.427. The van der Waals surface area contributed by atoms with E-state index in [1.807, 2.05) is 0 Å². The van der Waals surface area contributed by atoms with E-state index >= 15 is 0 Å². The number of phenols is 1. The molecule has 5 nitrogen and oxygen atoms in total. The Labute approximate surface area is 128 Å². The number of carbonyl (C=O) groups excluding carboxylic acids is 1. The second-order valence-corrected chi connectivity index (χ2v) is 5.93. The molecule has 0 atom stereocenters. The Morgan fingerprint density at radius 3 is 2.62 bits per heavy atom. The van der Waals surface area contributed by atoms with Crippen molar-refractivity contribution in [3.8, 4) is 5.75 Å². The fourth-order valence-corrected chi connectivity index (χ4v) is 3.14. The van der Waals surface area contributed by atoms with Gasteiger partial charge in [0.1, 0.15) is 5.75 Å². The van der Waals surface area contributed by atoms with Crippen molar-refractivity contribution in [2.45, 2.75) is 37.5 Å². The lowest BCUT2D eigenvalue weighted by Gasteiger charge is -2.35. The molecule has 1 heterocycles. The number of ether oxygens (including phenoxy) is 2. The Morgan fingerprint density at radius 1 is 1.29 bits per heavy atom. The zero-order valence-corrected chi connectivity index (χ0v) is 12.4. The molecule has 1 aliphatic heterocycles. The first-order valence-electron chi connectivity index (χ1n) is 7.15. The molecule has 1 aromatic carbocycles. The molecule has 0 radical (unpaired) electrons. The molecule has 1 spiro atoms. The number of benzene rings is 1. The standard InChI is InChI=1S/C15H18ClNO4/c16-13-2-1-11(18)9-12(13)14(19)17-10-3-5-15(6-4-10)20-7-8-21-15/h1-2,9-10,18H,3-8H2,(H,17,19). The number of hydrogen-bond donors (Lipinski definition) is 2. The van der Waals surface area contributed by atoms with Crippen molar-refractivity contribution < 1.29 is 19.4 Å². The molecular formula is C15H18ClNO4. The summed E-state index contributed by atoms with van der Waals surface area (Å²) in [5.74, 6) is -0.658. The number of carbonyl (C=O) groups is 1. The highest BCUT2D eigenvalue weighted by molar-refractivity contribution is 6.33. The van der Waals surface area contributed by atoms with Gasteiger partial charge in [0.2, 0.25) is 0 Å². The topological polar surface area (TPSA) is 67.8 Å². The highest BCUT2D eigenvalue weighted by Crippen LogP contribution is 2.35. The molecule has 2 fully saturated rings. The van der Waals surface area contributed by atoms with Gasteiger partial charge in [-0.15, -0.1) is 0 Å². The lowest BCUT2D eigenvalue weighted by Crippen LogP contribution is -2.44. The molecule has 21 heavy (non-hydrogen) atoms. The fraction of sp³-hybridized carbons (Fsp3) is 0.533. The van der Waals surface area contributed by atoms with Gasteiger partial charge in [-0.25, -0.2) is 0 Å². The number of amides is 1. The Kier molecular flexibility index (Phi) is 4.06. The van der Waals surface area contributed by atoms with E-state index in [-0.39, 0.29) is 17.7 Å². The average Bonchev–Trinajstić information content (AvgIpc) is 2.93. The molecule has 1 saturated carbocycles. The van der Waals surface area contributed by atoms with Crippen LogP contribution in [-0.2, 0) is 9.47 Å². The minimum absolute atomic E-state index is 0.0277. The first-order valence-corrected chi connectivity index (χ1v) is 7.53. The van der Waals surface area contributed by atoms with Crippen molar-refractivity contribution in [3.05, 3.63) is 28.8 Å². The van der Waals surface area contributed by atoms with Crippen LogP contribution in [0.3, 0.4) is 0 Å². The third-order valence-corrected chi connectivity index (χ3v) is 4.42. The molecular weight excluding hydrogens is 294 g/mol. The molecule has 1 aliphatic carbocycles. The van der Waals surface area contributed by atoms with Crippen molar-refractivity contribution in [3.63, 3.8) is 0 Å². The lowest BCUT2D eigenvalue weighted by molar-refractivity contribution is -0.179. The largest absolute Gasteiger partial charge is 0.508 e. The van der Waals surface area contributed by atoms with E-state index in [2.05, 4.69) is 5.32 Å². The smallest absolute Gasteiger partial charge is 0.253 e. The summed E-state index contributed by atoms with van der Waals surface area (Å²) in [6, 6.07) is 4.43. The number of phenolic OH excluding ortho intramolecular Hbond substituents is 1. The highest BCUT2D eigenvalue weighted by Gasteiger charge is 2.40. The first-order chi connectivity index (χ1) is 10.1. The van der Waals surface area contributed by atoms with E-state index in [4.69, 9.17) is 21.1 Å². The molecule has 1 amide bonds. The van der Waals surface area contributed by atoms with E-state index in [9.17, 15) is 9.90 Å². The number of aromatic hydroxyl groups is 1. The molecule has 2 N–H and O–H groups in total. The van der Waals surface area contributed by atoms with Crippen LogP contribution in [0.1, 0.15) is 36.0 Å². The number of hydrogen-bond acceptors (Lipinski definition) is 4. The predicted octanol–water partition coefficient (Wildman–Crippen LogP) is 2.46. The van der Waals surface area contributed by atoms with Gasteiger partial charge in [-0.05, 0) is 31.0 Å². The van der Waals surface area contributed by atoms with Gasteiger partial charge in [-0.1, -0.05) is 11.6 Å². The van der Waals surface area contributed by atoms with Gasteiger partial charge in [0.15, 0.2) is 5.79 Å².